The number of rotatable bonds is 3. The van der Waals surface area contributed by atoms with Crippen LogP contribution in [0.2, 0.25) is 0 Å². The number of piperidine rings is 2. The van der Waals surface area contributed by atoms with Crippen LogP contribution in [0.1, 0.15) is 25.7 Å². The summed E-state index contributed by atoms with van der Waals surface area (Å²) in [5.41, 5.74) is 0. The number of nitrogens with zero attached hydrogens (tertiary/aromatic N) is 1. The molecule has 0 bridgehead atoms. The Bertz CT molecular complexity index is 714. The highest BCUT2D eigenvalue weighted by Crippen LogP contribution is 2.39. The number of sulfonamides is 1. The highest BCUT2D eigenvalue weighted by atomic mass is 35.5. The molecule has 3 aliphatic heterocycles. The average Bonchev–Trinajstić information content (AvgIpc) is 2.68. The van der Waals surface area contributed by atoms with Gasteiger partial charge in [0.05, 0.1) is 0 Å². The summed E-state index contributed by atoms with van der Waals surface area (Å²) < 4.78 is 39.0. The van der Waals surface area contributed by atoms with E-state index in [1.165, 1.54) is 12.8 Å². The van der Waals surface area contributed by atoms with Gasteiger partial charge in [-0.05, 0) is 62.7 Å². The molecule has 8 heteroatoms. The van der Waals surface area contributed by atoms with E-state index in [2.05, 4.69) is 5.32 Å². The van der Waals surface area contributed by atoms with E-state index in [0.29, 0.717) is 43.7 Å². The molecule has 2 saturated heterocycles. The lowest BCUT2D eigenvalue weighted by molar-refractivity contribution is 0.164. The van der Waals surface area contributed by atoms with Gasteiger partial charge in [-0.25, -0.2) is 8.42 Å². The zero-order valence-corrected chi connectivity index (χ0v) is 16.5. The van der Waals surface area contributed by atoms with Crippen LogP contribution in [0.3, 0.4) is 0 Å². The summed E-state index contributed by atoms with van der Waals surface area (Å²) in [6, 6.07) is 5.11. The summed E-state index contributed by atoms with van der Waals surface area (Å²) >= 11 is 0. The second-order valence-corrected chi connectivity index (χ2v) is 9.02. The summed E-state index contributed by atoms with van der Waals surface area (Å²) in [6.45, 7) is 4.23. The van der Waals surface area contributed by atoms with Crippen LogP contribution in [0.25, 0.3) is 0 Å². The Morgan fingerprint density at radius 2 is 1.62 bits per heavy atom. The number of ether oxygens (including phenoxy) is 2. The SMILES string of the molecule is Cl.O=S(=O)(c1cccc2c1OCCO2)N1CCC(C2CCNCC2)CC1. The molecule has 146 valence electrons. The number of hydrogen-bond acceptors (Lipinski definition) is 5. The van der Waals surface area contributed by atoms with E-state index in [1.807, 2.05) is 0 Å². The maximum atomic E-state index is 13.1. The Morgan fingerprint density at radius 1 is 0.962 bits per heavy atom. The predicted molar refractivity (Wildman–Crippen MR) is 102 cm³/mol. The third-order valence-corrected chi connectivity index (χ3v) is 7.62. The van der Waals surface area contributed by atoms with Crippen LogP contribution in [0, 0.1) is 11.8 Å². The van der Waals surface area contributed by atoms with Gasteiger partial charge in [-0.15, -0.1) is 12.4 Å². The summed E-state index contributed by atoms with van der Waals surface area (Å²) in [5.74, 6) is 2.29. The topological polar surface area (TPSA) is 67.9 Å². The number of para-hydroxylation sites is 1. The Labute approximate surface area is 161 Å². The van der Waals surface area contributed by atoms with Gasteiger partial charge in [0.2, 0.25) is 10.0 Å². The highest BCUT2D eigenvalue weighted by Gasteiger charge is 2.35. The minimum Gasteiger partial charge on any atom is -0.486 e. The maximum Gasteiger partial charge on any atom is 0.246 e. The number of fused-ring (bicyclic) bond motifs is 1. The fourth-order valence-electron chi connectivity index (χ4n) is 4.29. The van der Waals surface area contributed by atoms with Gasteiger partial charge in [-0.3, -0.25) is 0 Å². The van der Waals surface area contributed by atoms with Crippen molar-refractivity contribution in [2.75, 3.05) is 39.4 Å². The molecule has 0 atom stereocenters. The van der Waals surface area contributed by atoms with E-state index in [4.69, 9.17) is 9.47 Å². The van der Waals surface area contributed by atoms with Gasteiger partial charge in [0, 0.05) is 13.1 Å². The van der Waals surface area contributed by atoms with E-state index >= 15 is 0 Å². The second kappa shape index (κ2) is 8.33. The molecule has 1 aromatic carbocycles. The van der Waals surface area contributed by atoms with Crippen LogP contribution in [0.15, 0.2) is 23.1 Å². The van der Waals surface area contributed by atoms with Crippen LogP contribution < -0.4 is 14.8 Å². The predicted octanol–water partition coefficient (Wildman–Crippen LogP) is 2.28. The quantitative estimate of drug-likeness (QED) is 0.840. The highest BCUT2D eigenvalue weighted by molar-refractivity contribution is 7.89. The third kappa shape index (κ3) is 3.81. The Hall–Kier alpha value is -1.02. The molecule has 2 fully saturated rings. The molecule has 3 heterocycles. The van der Waals surface area contributed by atoms with Crippen molar-refractivity contribution < 1.29 is 17.9 Å². The van der Waals surface area contributed by atoms with E-state index in [-0.39, 0.29) is 17.3 Å². The van der Waals surface area contributed by atoms with Gasteiger partial charge in [-0.1, -0.05) is 6.07 Å². The van der Waals surface area contributed by atoms with Gasteiger partial charge < -0.3 is 14.8 Å². The lowest BCUT2D eigenvalue weighted by atomic mass is 9.79. The summed E-state index contributed by atoms with van der Waals surface area (Å²) in [4.78, 5) is 0.241. The Morgan fingerprint density at radius 3 is 2.35 bits per heavy atom. The van der Waals surface area contributed by atoms with Crippen LogP contribution >= 0.6 is 12.4 Å². The summed E-state index contributed by atoms with van der Waals surface area (Å²) in [6.07, 6.45) is 4.34. The van der Waals surface area contributed by atoms with Crippen molar-refractivity contribution in [1.29, 1.82) is 0 Å². The zero-order valence-electron chi connectivity index (χ0n) is 14.9. The lowest BCUT2D eigenvalue weighted by Gasteiger charge is -2.37. The molecule has 0 amide bonds. The van der Waals surface area contributed by atoms with Gasteiger partial charge >= 0.3 is 0 Å². The Balaban J connectivity index is 0.00000196. The number of halogens is 1. The number of hydrogen-bond donors (Lipinski definition) is 1. The molecule has 0 aromatic heterocycles. The minimum absolute atomic E-state index is 0. The van der Waals surface area contributed by atoms with Gasteiger partial charge in [-0.2, -0.15) is 4.31 Å². The van der Waals surface area contributed by atoms with Crippen molar-refractivity contribution in [2.24, 2.45) is 11.8 Å². The van der Waals surface area contributed by atoms with E-state index in [0.717, 1.165) is 31.8 Å². The van der Waals surface area contributed by atoms with Gasteiger partial charge in [0.25, 0.3) is 0 Å². The van der Waals surface area contributed by atoms with Crippen LogP contribution in [0.4, 0.5) is 0 Å². The standard InChI is InChI=1S/C18H26N2O4S.ClH/c21-25(22,17-3-1-2-16-18(17)24-13-12-23-16)20-10-6-15(7-11-20)14-4-8-19-9-5-14;/h1-3,14-15,19H,4-13H2;1H. The Kier molecular flexibility index (Phi) is 6.33. The number of nitrogens with one attached hydrogen (secondary N) is 1. The molecular formula is C18H27ClN2O4S. The van der Waals surface area contributed by atoms with Crippen molar-refractivity contribution >= 4 is 22.4 Å². The molecule has 26 heavy (non-hydrogen) atoms. The van der Waals surface area contributed by atoms with Crippen molar-refractivity contribution in [3.63, 3.8) is 0 Å². The molecule has 0 aliphatic carbocycles. The molecule has 1 aromatic rings. The normalized spacial score (nSPS) is 22.6. The molecule has 0 spiro atoms. The zero-order chi connectivity index (χ0) is 17.3. The third-order valence-electron chi connectivity index (χ3n) is 5.70. The molecule has 0 unspecified atom stereocenters. The van der Waals surface area contributed by atoms with E-state index in [1.54, 1.807) is 22.5 Å². The average molecular weight is 403 g/mol. The maximum absolute atomic E-state index is 13.1. The fraction of sp³-hybridized carbons (Fsp3) is 0.667. The van der Waals surface area contributed by atoms with Gasteiger partial charge in [0.15, 0.2) is 11.5 Å². The molecule has 0 radical (unpaired) electrons. The second-order valence-electron chi connectivity index (χ2n) is 7.11. The first-order valence-electron chi connectivity index (χ1n) is 9.26. The summed E-state index contributed by atoms with van der Waals surface area (Å²) in [7, 11) is -3.54. The van der Waals surface area contributed by atoms with Crippen LogP contribution in [-0.4, -0.2) is 52.1 Å². The lowest BCUT2D eigenvalue weighted by Crippen LogP contribution is -2.42. The number of benzene rings is 1. The first kappa shape index (κ1) is 19.7. The minimum atomic E-state index is -3.54. The summed E-state index contributed by atoms with van der Waals surface area (Å²) in [5, 5.41) is 3.41. The molecule has 4 rings (SSSR count). The van der Waals surface area contributed by atoms with Gasteiger partial charge in [0.1, 0.15) is 18.1 Å². The molecule has 6 nitrogen and oxygen atoms in total. The van der Waals surface area contributed by atoms with Crippen molar-refractivity contribution in [3.05, 3.63) is 18.2 Å². The van der Waals surface area contributed by atoms with Crippen molar-refractivity contribution in [1.82, 2.24) is 9.62 Å². The largest absolute Gasteiger partial charge is 0.486 e. The van der Waals surface area contributed by atoms with Crippen molar-refractivity contribution in [3.8, 4) is 11.5 Å². The van der Waals surface area contributed by atoms with Crippen LogP contribution in [0.5, 0.6) is 11.5 Å². The first-order chi connectivity index (χ1) is 12.2. The first-order valence-corrected chi connectivity index (χ1v) is 10.7. The van der Waals surface area contributed by atoms with Crippen LogP contribution in [-0.2, 0) is 10.0 Å². The fourth-order valence-corrected chi connectivity index (χ4v) is 5.91. The molecule has 0 saturated carbocycles. The molecule has 3 aliphatic rings. The van der Waals surface area contributed by atoms with E-state index < -0.39 is 10.0 Å². The van der Waals surface area contributed by atoms with Crippen molar-refractivity contribution in [2.45, 2.75) is 30.6 Å². The molecular weight excluding hydrogens is 376 g/mol. The van der Waals surface area contributed by atoms with E-state index in [9.17, 15) is 8.42 Å². The monoisotopic (exact) mass is 402 g/mol. The smallest absolute Gasteiger partial charge is 0.246 e. The molecule has 1 N–H and O–H groups in total.